The van der Waals surface area contributed by atoms with Crippen molar-refractivity contribution < 1.29 is 0 Å². The Morgan fingerprint density at radius 2 is 1.92 bits per heavy atom. The number of nitrogens with zero attached hydrogens (tertiary/aromatic N) is 2. The van der Waals surface area contributed by atoms with Gasteiger partial charge in [-0.1, -0.05) is 6.58 Å². The molecule has 0 aliphatic rings. The minimum atomic E-state index is 0.977. The van der Waals surface area contributed by atoms with Gasteiger partial charge in [-0.25, -0.2) is 0 Å². The molecule has 0 unspecified atom stereocenters. The Labute approximate surface area is 80.1 Å². The smallest absolute Gasteiger partial charge is 0.0338 e. The van der Waals surface area contributed by atoms with Crippen molar-refractivity contribution in [3.63, 3.8) is 0 Å². The first-order chi connectivity index (χ1) is 6.13. The minimum absolute atomic E-state index is 0.977. The quantitative estimate of drug-likeness (QED) is 0.465. The lowest BCUT2D eigenvalue weighted by molar-refractivity contribution is 1.31. The summed E-state index contributed by atoms with van der Waals surface area (Å²) in [4.78, 5) is 7.60. The maximum atomic E-state index is 3.87. The fourth-order valence-electron chi connectivity index (χ4n) is 0.916. The fourth-order valence-corrected chi connectivity index (χ4v) is 0.916. The summed E-state index contributed by atoms with van der Waals surface area (Å²) in [5.74, 6) is 0. The molecule has 0 fully saturated rings. The van der Waals surface area contributed by atoms with E-state index >= 15 is 0 Å². The van der Waals surface area contributed by atoms with Crippen LogP contribution >= 0.6 is 0 Å². The summed E-state index contributed by atoms with van der Waals surface area (Å²) in [6.45, 7) is 11.2. The van der Waals surface area contributed by atoms with Gasteiger partial charge in [0.15, 0.2) is 0 Å². The van der Waals surface area contributed by atoms with Crippen LogP contribution in [-0.4, -0.2) is 20.0 Å². The monoisotopic (exact) mass is 176 g/mol. The van der Waals surface area contributed by atoms with Crippen LogP contribution in [0.3, 0.4) is 0 Å². The molecule has 70 valence electrons. The average molecular weight is 176 g/mol. The van der Waals surface area contributed by atoms with Gasteiger partial charge in [0.1, 0.15) is 0 Å². The average Bonchev–Trinajstić information content (AvgIpc) is 2.09. The molecule has 0 radical (unpaired) electrons. The van der Waals surface area contributed by atoms with Crippen molar-refractivity contribution in [1.29, 1.82) is 0 Å². The summed E-state index contributed by atoms with van der Waals surface area (Å²) < 4.78 is 0. The summed E-state index contributed by atoms with van der Waals surface area (Å²) in [5.41, 5.74) is 3.08. The van der Waals surface area contributed by atoms with Crippen LogP contribution in [0.5, 0.6) is 0 Å². The van der Waals surface area contributed by atoms with Crippen molar-refractivity contribution in [2.45, 2.75) is 13.8 Å². The minimum Gasteiger partial charge on any atom is -0.297 e. The molecule has 2 nitrogen and oxygen atoms in total. The highest BCUT2D eigenvalue weighted by molar-refractivity contribution is 5.74. The highest BCUT2D eigenvalue weighted by Gasteiger charge is 1.98. The van der Waals surface area contributed by atoms with Gasteiger partial charge in [-0.3, -0.25) is 9.98 Å². The number of hydrogen-bond donors (Lipinski definition) is 0. The topological polar surface area (TPSA) is 24.7 Å². The van der Waals surface area contributed by atoms with Gasteiger partial charge in [0, 0.05) is 19.5 Å². The molecule has 0 aliphatic carbocycles. The van der Waals surface area contributed by atoms with Crippen LogP contribution in [0.4, 0.5) is 0 Å². The lowest BCUT2D eigenvalue weighted by atomic mass is 10.0. The summed E-state index contributed by atoms with van der Waals surface area (Å²) in [7, 11) is 1.74. The fraction of sp³-hybridized carbons (Fsp3) is 0.273. The molecule has 0 bridgehead atoms. The number of rotatable bonds is 4. The number of hydrogen-bond acceptors (Lipinski definition) is 2. The van der Waals surface area contributed by atoms with E-state index in [-0.39, 0.29) is 0 Å². The van der Waals surface area contributed by atoms with Crippen LogP contribution in [0, 0.1) is 0 Å². The third kappa shape index (κ3) is 4.21. The van der Waals surface area contributed by atoms with Crippen molar-refractivity contribution in [3.05, 3.63) is 35.6 Å². The molecule has 13 heavy (non-hydrogen) atoms. The van der Waals surface area contributed by atoms with Crippen molar-refractivity contribution in [3.8, 4) is 0 Å². The number of allylic oxidation sites excluding steroid dienone is 4. The molecule has 0 amide bonds. The van der Waals surface area contributed by atoms with E-state index in [1.807, 2.05) is 19.9 Å². The molecule has 0 aromatic carbocycles. The molecule has 0 atom stereocenters. The summed E-state index contributed by atoms with van der Waals surface area (Å²) in [6.07, 6.45) is 5.37. The molecular weight excluding hydrogens is 160 g/mol. The Hall–Kier alpha value is -1.44. The van der Waals surface area contributed by atoms with E-state index < -0.39 is 0 Å². The van der Waals surface area contributed by atoms with E-state index in [2.05, 4.69) is 23.3 Å². The van der Waals surface area contributed by atoms with Crippen LogP contribution in [0.1, 0.15) is 13.8 Å². The predicted molar refractivity (Wildman–Crippen MR) is 60.6 cm³/mol. The van der Waals surface area contributed by atoms with Gasteiger partial charge in [0.2, 0.25) is 0 Å². The third-order valence-corrected chi connectivity index (χ3v) is 1.58. The zero-order valence-electron chi connectivity index (χ0n) is 8.54. The van der Waals surface area contributed by atoms with Crippen LogP contribution in [0.2, 0.25) is 0 Å². The second kappa shape index (κ2) is 6.12. The second-order valence-electron chi connectivity index (χ2n) is 2.76. The Balaban J connectivity index is 4.86. The summed E-state index contributed by atoms with van der Waals surface area (Å²) in [5, 5.41) is 0. The van der Waals surface area contributed by atoms with Crippen LogP contribution < -0.4 is 0 Å². The van der Waals surface area contributed by atoms with E-state index in [0.29, 0.717) is 0 Å². The maximum Gasteiger partial charge on any atom is 0.0338 e. The first-order valence-corrected chi connectivity index (χ1v) is 4.04. The molecule has 0 aromatic rings. The highest BCUT2D eigenvalue weighted by Crippen LogP contribution is 2.16. The molecule has 0 rings (SSSR count). The second-order valence-corrected chi connectivity index (χ2v) is 2.76. The van der Waals surface area contributed by atoms with E-state index in [1.165, 1.54) is 0 Å². The molecule has 0 saturated heterocycles. The lowest BCUT2D eigenvalue weighted by Gasteiger charge is -2.04. The third-order valence-electron chi connectivity index (χ3n) is 1.58. The van der Waals surface area contributed by atoms with Gasteiger partial charge in [0.05, 0.1) is 0 Å². The predicted octanol–water partition coefficient (Wildman–Crippen LogP) is 2.79. The first kappa shape index (κ1) is 11.6. The van der Waals surface area contributed by atoms with Crippen LogP contribution in [0.15, 0.2) is 45.6 Å². The van der Waals surface area contributed by atoms with Gasteiger partial charge in [0.25, 0.3) is 0 Å². The molecule has 0 heterocycles. The molecule has 0 N–H and O–H groups in total. The van der Waals surface area contributed by atoms with E-state index in [0.717, 1.165) is 16.7 Å². The van der Waals surface area contributed by atoms with Crippen molar-refractivity contribution >= 4 is 12.9 Å². The Morgan fingerprint density at radius 3 is 2.31 bits per heavy atom. The number of aliphatic imine (C=N–C) groups is 2. The van der Waals surface area contributed by atoms with Crippen molar-refractivity contribution in [2.75, 3.05) is 7.05 Å². The Morgan fingerprint density at radius 1 is 1.31 bits per heavy atom. The van der Waals surface area contributed by atoms with Gasteiger partial charge in [-0.15, -0.1) is 0 Å². The standard InChI is InChI=1S/C11H16N2/c1-9(2)11(8-13-5)10(3)6-7-12-4/h6-8H,1,5H2,2-4H3/b10-6+,11-8+,12-7-. The maximum absolute atomic E-state index is 3.87. The summed E-state index contributed by atoms with van der Waals surface area (Å²) >= 11 is 0. The largest absolute Gasteiger partial charge is 0.297 e. The molecule has 0 aliphatic heterocycles. The normalized spacial score (nSPS) is 13.5. The Kier molecular flexibility index (Phi) is 5.44. The molecule has 0 saturated carbocycles. The van der Waals surface area contributed by atoms with Crippen LogP contribution in [-0.2, 0) is 0 Å². The van der Waals surface area contributed by atoms with E-state index in [1.54, 1.807) is 19.5 Å². The summed E-state index contributed by atoms with van der Waals surface area (Å²) in [6, 6.07) is 0. The lowest BCUT2D eigenvalue weighted by Crippen LogP contribution is -1.87. The van der Waals surface area contributed by atoms with Crippen LogP contribution in [0.25, 0.3) is 0 Å². The van der Waals surface area contributed by atoms with Gasteiger partial charge < -0.3 is 0 Å². The SMILES string of the molecule is C=N/C=C(C(=C)C)/C(C)=C/C=N\C. The molecular formula is C11H16N2. The first-order valence-electron chi connectivity index (χ1n) is 4.04. The zero-order chi connectivity index (χ0) is 10.3. The molecule has 2 heteroatoms. The van der Waals surface area contributed by atoms with Gasteiger partial charge in [-0.2, -0.15) is 0 Å². The highest BCUT2D eigenvalue weighted by atomic mass is 14.6. The van der Waals surface area contributed by atoms with E-state index in [4.69, 9.17) is 0 Å². The Bertz CT molecular complexity index is 280. The van der Waals surface area contributed by atoms with Crippen molar-refractivity contribution in [2.24, 2.45) is 9.98 Å². The van der Waals surface area contributed by atoms with Crippen molar-refractivity contribution in [1.82, 2.24) is 0 Å². The van der Waals surface area contributed by atoms with E-state index in [9.17, 15) is 0 Å². The molecule has 0 aromatic heterocycles. The van der Waals surface area contributed by atoms with Gasteiger partial charge >= 0.3 is 0 Å². The zero-order valence-corrected chi connectivity index (χ0v) is 8.54. The molecule has 0 spiro atoms. The van der Waals surface area contributed by atoms with Gasteiger partial charge in [-0.05, 0) is 43.4 Å².